The summed E-state index contributed by atoms with van der Waals surface area (Å²) in [6.45, 7) is 2.68. The Morgan fingerprint density at radius 3 is 2.64 bits per heavy atom. The summed E-state index contributed by atoms with van der Waals surface area (Å²) < 4.78 is 2.13. The maximum atomic E-state index is 5.66. The van der Waals surface area contributed by atoms with Gasteiger partial charge < -0.3 is 10.3 Å². The summed E-state index contributed by atoms with van der Waals surface area (Å²) in [5.41, 5.74) is 9.27. The fourth-order valence-corrected chi connectivity index (χ4v) is 1.65. The van der Waals surface area contributed by atoms with Crippen molar-refractivity contribution in [3.63, 3.8) is 0 Å². The van der Waals surface area contributed by atoms with Gasteiger partial charge in [0, 0.05) is 24.1 Å². The van der Waals surface area contributed by atoms with Gasteiger partial charge in [0.1, 0.15) is 0 Å². The van der Waals surface area contributed by atoms with Gasteiger partial charge in [0.25, 0.3) is 0 Å². The fourth-order valence-electron chi connectivity index (χ4n) is 1.65. The maximum absolute atomic E-state index is 5.66. The molecule has 1 heterocycles. The standard InChI is InChI=1S/C12H14N2/c1-10-5-2-3-7-12(10)14-8-4-6-11(14)9-13/h2-8H,9,13H2,1H3. The van der Waals surface area contributed by atoms with Gasteiger partial charge in [-0.05, 0) is 30.7 Å². The van der Waals surface area contributed by atoms with Gasteiger partial charge in [0.2, 0.25) is 0 Å². The normalized spacial score (nSPS) is 10.4. The van der Waals surface area contributed by atoms with Crippen LogP contribution in [-0.4, -0.2) is 4.57 Å². The molecule has 2 heteroatoms. The highest BCUT2D eigenvalue weighted by Crippen LogP contribution is 2.16. The van der Waals surface area contributed by atoms with Crippen LogP contribution < -0.4 is 5.73 Å². The Hall–Kier alpha value is -1.54. The third-order valence-corrected chi connectivity index (χ3v) is 2.42. The molecule has 0 fully saturated rings. The van der Waals surface area contributed by atoms with Crippen molar-refractivity contribution in [2.45, 2.75) is 13.5 Å². The van der Waals surface area contributed by atoms with Crippen molar-refractivity contribution in [3.05, 3.63) is 53.9 Å². The van der Waals surface area contributed by atoms with E-state index in [0.717, 1.165) is 5.69 Å². The van der Waals surface area contributed by atoms with E-state index >= 15 is 0 Å². The molecule has 0 radical (unpaired) electrons. The molecule has 0 aliphatic heterocycles. The molecule has 2 nitrogen and oxygen atoms in total. The first-order chi connectivity index (χ1) is 6.83. The van der Waals surface area contributed by atoms with Crippen molar-refractivity contribution in [2.24, 2.45) is 5.73 Å². The number of aromatic nitrogens is 1. The molecule has 0 amide bonds. The summed E-state index contributed by atoms with van der Waals surface area (Å²) in [6, 6.07) is 12.4. The van der Waals surface area contributed by atoms with Crippen molar-refractivity contribution in [3.8, 4) is 5.69 Å². The number of aryl methyl sites for hydroxylation is 1. The van der Waals surface area contributed by atoms with E-state index < -0.39 is 0 Å². The second-order valence-corrected chi connectivity index (χ2v) is 3.36. The Morgan fingerprint density at radius 1 is 1.14 bits per heavy atom. The minimum atomic E-state index is 0.571. The van der Waals surface area contributed by atoms with Crippen LogP contribution >= 0.6 is 0 Å². The van der Waals surface area contributed by atoms with E-state index in [0.29, 0.717) is 6.54 Å². The number of rotatable bonds is 2. The van der Waals surface area contributed by atoms with Crippen LogP contribution in [0.3, 0.4) is 0 Å². The Bertz CT molecular complexity index is 429. The minimum absolute atomic E-state index is 0.571. The predicted octanol–water partition coefficient (Wildman–Crippen LogP) is 2.24. The molecule has 0 bridgehead atoms. The topological polar surface area (TPSA) is 30.9 Å². The number of benzene rings is 1. The number of nitrogens with zero attached hydrogens (tertiary/aromatic N) is 1. The van der Waals surface area contributed by atoms with Crippen molar-refractivity contribution >= 4 is 0 Å². The molecule has 2 aromatic rings. The van der Waals surface area contributed by atoms with E-state index in [4.69, 9.17) is 5.73 Å². The highest BCUT2D eigenvalue weighted by Gasteiger charge is 2.02. The Balaban J connectivity index is 2.54. The summed E-state index contributed by atoms with van der Waals surface area (Å²) in [4.78, 5) is 0. The van der Waals surface area contributed by atoms with E-state index in [1.165, 1.54) is 11.3 Å². The zero-order valence-corrected chi connectivity index (χ0v) is 8.27. The molecule has 1 aromatic carbocycles. The van der Waals surface area contributed by atoms with Crippen LogP contribution in [0.25, 0.3) is 5.69 Å². The summed E-state index contributed by atoms with van der Waals surface area (Å²) in [6.07, 6.45) is 2.05. The number of nitrogens with two attached hydrogens (primary N) is 1. The molecule has 1 aromatic heterocycles. The van der Waals surface area contributed by atoms with Gasteiger partial charge in [-0.25, -0.2) is 0 Å². The average molecular weight is 186 g/mol. The van der Waals surface area contributed by atoms with Gasteiger partial charge in [0.15, 0.2) is 0 Å². The summed E-state index contributed by atoms with van der Waals surface area (Å²) in [5, 5.41) is 0. The van der Waals surface area contributed by atoms with Crippen molar-refractivity contribution in [1.82, 2.24) is 4.57 Å². The fraction of sp³-hybridized carbons (Fsp3) is 0.167. The Morgan fingerprint density at radius 2 is 1.93 bits per heavy atom. The molecule has 0 saturated carbocycles. The van der Waals surface area contributed by atoms with Crippen molar-refractivity contribution in [1.29, 1.82) is 0 Å². The summed E-state index contributed by atoms with van der Waals surface area (Å²) >= 11 is 0. The van der Waals surface area contributed by atoms with Crippen LogP contribution in [0.2, 0.25) is 0 Å². The molecular formula is C12H14N2. The lowest BCUT2D eigenvalue weighted by Gasteiger charge is -2.10. The SMILES string of the molecule is Cc1ccccc1-n1cccc1CN. The highest BCUT2D eigenvalue weighted by atomic mass is 15.0. The van der Waals surface area contributed by atoms with Gasteiger partial charge >= 0.3 is 0 Å². The molecule has 0 aliphatic rings. The molecular weight excluding hydrogens is 172 g/mol. The molecule has 0 saturated heterocycles. The minimum Gasteiger partial charge on any atom is -0.325 e. The van der Waals surface area contributed by atoms with E-state index in [1.54, 1.807) is 0 Å². The first kappa shape index (κ1) is 9.03. The van der Waals surface area contributed by atoms with Crippen LogP contribution in [0, 0.1) is 6.92 Å². The molecule has 2 rings (SSSR count). The van der Waals surface area contributed by atoms with E-state index in [9.17, 15) is 0 Å². The van der Waals surface area contributed by atoms with E-state index in [-0.39, 0.29) is 0 Å². The number of hydrogen-bond acceptors (Lipinski definition) is 1. The predicted molar refractivity (Wildman–Crippen MR) is 58.4 cm³/mol. The largest absolute Gasteiger partial charge is 0.325 e. The molecule has 72 valence electrons. The van der Waals surface area contributed by atoms with Crippen LogP contribution in [0.1, 0.15) is 11.3 Å². The van der Waals surface area contributed by atoms with Gasteiger partial charge in [-0.3, -0.25) is 0 Å². The highest BCUT2D eigenvalue weighted by molar-refractivity contribution is 5.42. The zero-order chi connectivity index (χ0) is 9.97. The van der Waals surface area contributed by atoms with Crippen LogP contribution in [0.15, 0.2) is 42.6 Å². The average Bonchev–Trinajstić information content (AvgIpc) is 2.66. The van der Waals surface area contributed by atoms with E-state index in [2.05, 4.69) is 23.6 Å². The van der Waals surface area contributed by atoms with Gasteiger partial charge in [0.05, 0.1) is 0 Å². The van der Waals surface area contributed by atoms with Crippen LogP contribution in [0.5, 0.6) is 0 Å². The first-order valence-electron chi connectivity index (χ1n) is 4.75. The van der Waals surface area contributed by atoms with Crippen LogP contribution in [-0.2, 0) is 6.54 Å². The molecule has 0 aliphatic carbocycles. The van der Waals surface area contributed by atoms with Gasteiger partial charge in [-0.2, -0.15) is 0 Å². The van der Waals surface area contributed by atoms with Crippen molar-refractivity contribution < 1.29 is 0 Å². The van der Waals surface area contributed by atoms with Gasteiger partial charge in [-0.15, -0.1) is 0 Å². The van der Waals surface area contributed by atoms with Crippen molar-refractivity contribution in [2.75, 3.05) is 0 Å². The third kappa shape index (κ3) is 1.44. The molecule has 0 unspecified atom stereocenters. The number of para-hydroxylation sites is 1. The second-order valence-electron chi connectivity index (χ2n) is 3.36. The Kier molecular flexibility index (Phi) is 2.37. The monoisotopic (exact) mass is 186 g/mol. The first-order valence-corrected chi connectivity index (χ1v) is 4.75. The van der Waals surface area contributed by atoms with Crippen LogP contribution in [0.4, 0.5) is 0 Å². The number of hydrogen-bond donors (Lipinski definition) is 1. The second kappa shape index (κ2) is 3.68. The van der Waals surface area contributed by atoms with E-state index in [1.807, 2.05) is 30.5 Å². The quantitative estimate of drug-likeness (QED) is 0.766. The lowest BCUT2D eigenvalue weighted by Crippen LogP contribution is -2.05. The lowest BCUT2D eigenvalue weighted by atomic mass is 10.2. The zero-order valence-electron chi connectivity index (χ0n) is 8.27. The Labute approximate surface area is 84.0 Å². The summed E-state index contributed by atoms with van der Waals surface area (Å²) in [5.74, 6) is 0. The molecule has 14 heavy (non-hydrogen) atoms. The lowest BCUT2D eigenvalue weighted by molar-refractivity contribution is 0.906. The smallest absolute Gasteiger partial charge is 0.0481 e. The summed E-state index contributed by atoms with van der Waals surface area (Å²) in [7, 11) is 0. The molecule has 2 N–H and O–H groups in total. The molecule has 0 atom stereocenters. The third-order valence-electron chi connectivity index (χ3n) is 2.42. The molecule has 0 spiro atoms. The maximum Gasteiger partial charge on any atom is 0.0481 e. The van der Waals surface area contributed by atoms with Gasteiger partial charge in [-0.1, -0.05) is 18.2 Å².